The van der Waals surface area contributed by atoms with Crippen molar-refractivity contribution in [1.29, 1.82) is 0 Å². The van der Waals surface area contributed by atoms with Gasteiger partial charge in [-0.3, -0.25) is 4.79 Å². The maximum atomic E-state index is 13.6. The molecule has 0 saturated carbocycles. The van der Waals surface area contributed by atoms with Crippen LogP contribution < -0.4 is 4.74 Å². The molecule has 4 nitrogen and oxygen atoms in total. The summed E-state index contributed by atoms with van der Waals surface area (Å²) in [5.74, 6) is -0.240. The first-order chi connectivity index (χ1) is 11.6. The third kappa shape index (κ3) is 3.68. The summed E-state index contributed by atoms with van der Waals surface area (Å²) >= 11 is 5.82. The van der Waals surface area contributed by atoms with Crippen molar-refractivity contribution in [3.8, 4) is 5.75 Å². The van der Waals surface area contributed by atoms with Crippen molar-refractivity contribution in [2.24, 2.45) is 0 Å². The quantitative estimate of drug-likeness (QED) is 0.829. The van der Waals surface area contributed by atoms with Gasteiger partial charge in [0.05, 0.1) is 19.8 Å². The lowest BCUT2D eigenvalue weighted by Crippen LogP contribution is -2.54. The molecule has 0 aromatic heterocycles. The normalized spacial score (nSPS) is 14.4. The van der Waals surface area contributed by atoms with Crippen molar-refractivity contribution >= 4 is 17.5 Å². The van der Waals surface area contributed by atoms with Crippen LogP contribution in [0, 0.1) is 5.82 Å². The van der Waals surface area contributed by atoms with Crippen LogP contribution in [0.1, 0.15) is 15.9 Å². The van der Waals surface area contributed by atoms with Gasteiger partial charge in [-0.25, -0.2) is 4.39 Å². The van der Waals surface area contributed by atoms with E-state index in [1.54, 1.807) is 41.3 Å². The number of ether oxygens (including phenoxy) is 2. The summed E-state index contributed by atoms with van der Waals surface area (Å²) in [6, 6.07) is 11.5. The minimum atomic E-state index is -0.410. The number of benzene rings is 2. The van der Waals surface area contributed by atoms with Crippen LogP contribution in [0.2, 0.25) is 5.02 Å². The molecule has 126 valence electrons. The fraction of sp³-hybridized carbons (Fsp3) is 0.278. The molecule has 2 aromatic carbocycles. The molecular weight excluding hydrogens is 333 g/mol. The molecule has 0 unspecified atom stereocenters. The lowest BCUT2D eigenvalue weighted by atomic mass is 10.1. The molecule has 1 fully saturated rings. The number of rotatable bonds is 5. The molecule has 0 N–H and O–H groups in total. The van der Waals surface area contributed by atoms with Crippen molar-refractivity contribution in [3.05, 3.63) is 64.4 Å². The zero-order chi connectivity index (χ0) is 17.1. The average molecular weight is 350 g/mol. The van der Waals surface area contributed by atoms with Crippen molar-refractivity contribution < 1.29 is 18.7 Å². The van der Waals surface area contributed by atoms with E-state index in [4.69, 9.17) is 21.1 Å². The van der Waals surface area contributed by atoms with E-state index in [9.17, 15) is 9.18 Å². The number of hydrogen-bond acceptors (Lipinski definition) is 3. The van der Waals surface area contributed by atoms with Gasteiger partial charge >= 0.3 is 0 Å². The molecule has 3 rings (SSSR count). The highest BCUT2D eigenvalue weighted by atomic mass is 35.5. The molecule has 1 saturated heterocycles. The second-order valence-electron chi connectivity index (χ2n) is 5.62. The molecule has 2 aromatic rings. The summed E-state index contributed by atoms with van der Waals surface area (Å²) in [6.45, 7) is 1.36. The predicted molar refractivity (Wildman–Crippen MR) is 88.9 cm³/mol. The van der Waals surface area contributed by atoms with Crippen LogP contribution >= 0.6 is 11.6 Å². The number of carbonyl (C=O) groups is 1. The number of hydrogen-bond donors (Lipinski definition) is 0. The largest absolute Gasteiger partial charge is 0.494 e. The zero-order valence-electron chi connectivity index (χ0n) is 13.2. The molecule has 0 radical (unpaired) electrons. The molecule has 0 spiro atoms. The van der Waals surface area contributed by atoms with Gasteiger partial charge in [-0.15, -0.1) is 0 Å². The molecule has 0 aliphatic carbocycles. The van der Waals surface area contributed by atoms with Gasteiger partial charge in [-0.05, 0) is 42.0 Å². The fourth-order valence-corrected chi connectivity index (χ4v) is 2.62. The predicted octanol–water partition coefficient (Wildman–Crippen LogP) is 3.53. The van der Waals surface area contributed by atoms with E-state index in [0.29, 0.717) is 30.3 Å². The topological polar surface area (TPSA) is 38.8 Å². The van der Waals surface area contributed by atoms with Gasteiger partial charge in [0.25, 0.3) is 5.91 Å². The highest BCUT2D eigenvalue weighted by Gasteiger charge is 2.31. The van der Waals surface area contributed by atoms with Crippen LogP contribution in [0.25, 0.3) is 0 Å². The van der Waals surface area contributed by atoms with Crippen molar-refractivity contribution in [2.45, 2.75) is 12.7 Å². The monoisotopic (exact) mass is 349 g/mol. The van der Waals surface area contributed by atoms with E-state index in [0.717, 1.165) is 5.56 Å². The maximum Gasteiger partial charge on any atom is 0.254 e. The van der Waals surface area contributed by atoms with Crippen LogP contribution in [0.15, 0.2) is 42.5 Å². The zero-order valence-corrected chi connectivity index (χ0v) is 13.9. The SMILES string of the molecule is COc1ccc(COC2CN(C(=O)c3ccc(Cl)cc3)C2)cc1F. The highest BCUT2D eigenvalue weighted by Crippen LogP contribution is 2.21. The number of amides is 1. The number of halogens is 2. The second-order valence-corrected chi connectivity index (χ2v) is 6.06. The van der Waals surface area contributed by atoms with Gasteiger partial charge < -0.3 is 14.4 Å². The highest BCUT2D eigenvalue weighted by molar-refractivity contribution is 6.30. The lowest BCUT2D eigenvalue weighted by Gasteiger charge is -2.39. The Bertz CT molecular complexity index is 730. The fourth-order valence-electron chi connectivity index (χ4n) is 2.50. The molecule has 1 aliphatic rings. The third-order valence-corrected chi connectivity index (χ3v) is 4.18. The third-order valence-electron chi connectivity index (χ3n) is 3.93. The first-order valence-electron chi connectivity index (χ1n) is 7.55. The Morgan fingerprint density at radius 1 is 1.25 bits per heavy atom. The molecule has 6 heteroatoms. The molecule has 0 bridgehead atoms. The van der Waals surface area contributed by atoms with E-state index in [2.05, 4.69) is 0 Å². The van der Waals surface area contributed by atoms with Crippen LogP contribution in [0.3, 0.4) is 0 Å². The van der Waals surface area contributed by atoms with Gasteiger partial charge in [-0.1, -0.05) is 17.7 Å². The Morgan fingerprint density at radius 2 is 1.96 bits per heavy atom. The van der Waals surface area contributed by atoms with Gasteiger partial charge in [0, 0.05) is 23.7 Å². The molecule has 0 atom stereocenters. The molecule has 1 amide bonds. The van der Waals surface area contributed by atoms with Crippen molar-refractivity contribution in [1.82, 2.24) is 4.90 Å². The van der Waals surface area contributed by atoms with E-state index in [1.165, 1.54) is 13.2 Å². The van der Waals surface area contributed by atoms with Crippen LogP contribution in [-0.2, 0) is 11.3 Å². The summed E-state index contributed by atoms with van der Waals surface area (Å²) in [5.41, 5.74) is 1.34. The van der Waals surface area contributed by atoms with Crippen LogP contribution in [0.4, 0.5) is 4.39 Å². The van der Waals surface area contributed by atoms with E-state index in [-0.39, 0.29) is 17.8 Å². The molecular formula is C18H17ClFNO3. The number of carbonyl (C=O) groups excluding carboxylic acids is 1. The minimum absolute atomic E-state index is 0.0357. The summed E-state index contributed by atoms with van der Waals surface area (Å²) in [5, 5.41) is 0.600. The molecule has 1 aliphatic heterocycles. The molecule has 24 heavy (non-hydrogen) atoms. The Kier molecular flexibility index (Phi) is 5.02. The summed E-state index contributed by atoms with van der Waals surface area (Å²) < 4.78 is 24.2. The standard InChI is InChI=1S/C18H17ClFNO3/c1-23-17-7-2-12(8-16(17)20)11-24-15-9-21(10-15)18(22)13-3-5-14(19)6-4-13/h2-8,15H,9-11H2,1H3. The minimum Gasteiger partial charge on any atom is -0.494 e. The van der Waals surface area contributed by atoms with Gasteiger partial charge in [-0.2, -0.15) is 0 Å². The first-order valence-corrected chi connectivity index (χ1v) is 7.93. The summed E-state index contributed by atoms with van der Waals surface area (Å²) in [6.07, 6.45) is -0.0357. The van der Waals surface area contributed by atoms with Crippen molar-refractivity contribution in [2.75, 3.05) is 20.2 Å². The Morgan fingerprint density at radius 3 is 2.58 bits per heavy atom. The average Bonchev–Trinajstić information content (AvgIpc) is 2.54. The van der Waals surface area contributed by atoms with Gasteiger partial charge in [0.2, 0.25) is 0 Å². The number of methoxy groups -OCH3 is 1. The Hall–Kier alpha value is -2.11. The summed E-state index contributed by atoms with van der Waals surface area (Å²) in [4.78, 5) is 13.9. The van der Waals surface area contributed by atoms with Gasteiger partial charge in [0.15, 0.2) is 11.6 Å². The first kappa shape index (κ1) is 16.7. The van der Waals surface area contributed by atoms with E-state index in [1.807, 2.05) is 0 Å². The van der Waals surface area contributed by atoms with Crippen LogP contribution in [0.5, 0.6) is 5.75 Å². The Balaban J connectivity index is 1.48. The summed E-state index contributed by atoms with van der Waals surface area (Å²) in [7, 11) is 1.43. The lowest BCUT2D eigenvalue weighted by molar-refractivity contribution is -0.0503. The maximum absolute atomic E-state index is 13.6. The smallest absolute Gasteiger partial charge is 0.254 e. The number of nitrogens with zero attached hydrogens (tertiary/aromatic N) is 1. The van der Waals surface area contributed by atoms with Crippen LogP contribution in [-0.4, -0.2) is 37.1 Å². The second kappa shape index (κ2) is 7.20. The van der Waals surface area contributed by atoms with Crippen molar-refractivity contribution in [3.63, 3.8) is 0 Å². The Labute approximate surface area is 144 Å². The van der Waals surface area contributed by atoms with Gasteiger partial charge in [0.1, 0.15) is 0 Å². The van der Waals surface area contributed by atoms with E-state index >= 15 is 0 Å². The molecule has 1 heterocycles. The van der Waals surface area contributed by atoms with E-state index < -0.39 is 5.82 Å². The number of likely N-dealkylation sites (tertiary alicyclic amines) is 1.